The van der Waals surface area contributed by atoms with E-state index < -0.39 is 6.04 Å². The van der Waals surface area contributed by atoms with Gasteiger partial charge in [-0.2, -0.15) is 0 Å². The fraction of sp³-hybridized carbons (Fsp3) is 0.423. The number of nitrogens with one attached hydrogen (secondary N) is 3. The summed E-state index contributed by atoms with van der Waals surface area (Å²) in [5.74, 6) is -0.329. The number of nitrogens with zero attached hydrogens (tertiary/aromatic N) is 2. The van der Waals surface area contributed by atoms with Crippen molar-refractivity contribution < 1.29 is 19.1 Å². The van der Waals surface area contributed by atoms with Crippen molar-refractivity contribution >= 4 is 40.8 Å². The van der Waals surface area contributed by atoms with Gasteiger partial charge in [0.1, 0.15) is 6.04 Å². The van der Waals surface area contributed by atoms with E-state index in [0.29, 0.717) is 47.5 Å². The average Bonchev–Trinajstić information content (AvgIpc) is 3.53. The third-order valence-corrected chi connectivity index (χ3v) is 6.87. The summed E-state index contributed by atoms with van der Waals surface area (Å²) in [5, 5.41) is 9.63. The number of likely N-dealkylation sites (N-methyl/N-ethyl adjacent to an activating group) is 1. The maximum Gasteiger partial charge on any atom is 0.322 e. The van der Waals surface area contributed by atoms with Gasteiger partial charge in [0.05, 0.1) is 6.10 Å². The molecule has 0 spiro atoms. The third-order valence-electron chi connectivity index (χ3n) is 6.62. The molecule has 2 saturated heterocycles. The van der Waals surface area contributed by atoms with Crippen LogP contribution in [0, 0.1) is 0 Å². The number of methoxy groups -OCH3 is 1. The van der Waals surface area contributed by atoms with Gasteiger partial charge in [0, 0.05) is 61.2 Å². The van der Waals surface area contributed by atoms with Crippen molar-refractivity contribution in [3.05, 3.63) is 59.1 Å². The summed E-state index contributed by atoms with van der Waals surface area (Å²) in [7, 11) is 1.57. The molecule has 2 aromatic rings. The molecule has 10 heteroatoms. The van der Waals surface area contributed by atoms with Gasteiger partial charge in [0.15, 0.2) is 0 Å². The average molecular weight is 514 g/mol. The minimum Gasteiger partial charge on any atom is -0.380 e. The minimum absolute atomic E-state index is 0.0166. The number of amides is 4. The lowest BCUT2D eigenvalue weighted by Gasteiger charge is -2.24. The lowest BCUT2D eigenvalue weighted by Crippen LogP contribution is -2.45. The molecule has 0 bridgehead atoms. The fourth-order valence-corrected chi connectivity index (χ4v) is 4.80. The van der Waals surface area contributed by atoms with E-state index in [-0.39, 0.29) is 23.9 Å². The molecule has 4 amide bonds. The van der Waals surface area contributed by atoms with Gasteiger partial charge >= 0.3 is 6.03 Å². The van der Waals surface area contributed by atoms with E-state index >= 15 is 0 Å². The van der Waals surface area contributed by atoms with Crippen molar-refractivity contribution in [2.75, 3.05) is 43.9 Å². The Bertz CT molecular complexity index is 1080. The van der Waals surface area contributed by atoms with Crippen molar-refractivity contribution in [1.82, 2.24) is 15.1 Å². The van der Waals surface area contributed by atoms with Crippen LogP contribution in [0.2, 0.25) is 5.02 Å². The predicted molar refractivity (Wildman–Crippen MR) is 139 cm³/mol. The third kappa shape index (κ3) is 6.16. The second kappa shape index (κ2) is 11.7. The summed E-state index contributed by atoms with van der Waals surface area (Å²) < 4.78 is 5.44. The first-order valence-electron chi connectivity index (χ1n) is 12.2. The number of hydrogen-bond acceptors (Lipinski definition) is 5. The number of carbonyl (C=O) groups excluding carboxylic acids is 3. The molecule has 3 atom stereocenters. The van der Waals surface area contributed by atoms with Gasteiger partial charge in [-0.3, -0.25) is 9.59 Å². The molecule has 2 heterocycles. The number of carbonyl (C=O) groups is 3. The van der Waals surface area contributed by atoms with Crippen LogP contribution >= 0.6 is 11.6 Å². The first-order chi connectivity index (χ1) is 17.4. The normalized spacial score (nSPS) is 21.5. The van der Waals surface area contributed by atoms with Crippen molar-refractivity contribution in [3.8, 4) is 0 Å². The van der Waals surface area contributed by atoms with E-state index in [9.17, 15) is 14.4 Å². The second-order valence-electron chi connectivity index (χ2n) is 9.06. The molecular weight excluding hydrogens is 482 g/mol. The highest BCUT2D eigenvalue weighted by atomic mass is 35.5. The molecular formula is C26H32ClN5O4. The zero-order chi connectivity index (χ0) is 25.7. The molecule has 9 nitrogen and oxygen atoms in total. The maximum atomic E-state index is 13.1. The number of hydrogen-bond donors (Lipinski definition) is 3. The molecule has 0 radical (unpaired) electrons. The number of urea groups is 1. The second-order valence-corrected chi connectivity index (χ2v) is 9.50. The van der Waals surface area contributed by atoms with Gasteiger partial charge in [0.25, 0.3) is 5.91 Å². The van der Waals surface area contributed by atoms with Crippen LogP contribution in [-0.4, -0.2) is 79.1 Å². The summed E-state index contributed by atoms with van der Waals surface area (Å²) >= 11 is 5.92. The number of ether oxygens (including phenoxy) is 1. The lowest BCUT2D eigenvalue weighted by atomic mass is 10.1. The van der Waals surface area contributed by atoms with E-state index in [0.717, 1.165) is 19.5 Å². The Kier molecular flexibility index (Phi) is 8.45. The van der Waals surface area contributed by atoms with E-state index in [1.807, 2.05) is 4.90 Å². The van der Waals surface area contributed by atoms with E-state index in [1.165, 1.54) is 4.90 Å². The molecule has 1 unspecified atom stereocenters. The van der Waals surface area contributed by atoms with Crippen LogP contribution in [-0.2, 0) is 9.53 Å². The van der Waals surface area contributed by atoms with Gasteiger partial charge in [0.2, 0.25) is 5.91 Å². The lowest BCUT2D eigenvalue weighted by molar-refractivity contribution is -0.119. The summed E-state index contributed by atoms with van der Waals surface area (Å²) in [6, 6.07) is 12.9. The first kappa shape index (κ1) is 25.9. The molecule has 2 aliphatic rings. The van der Waals surface area contributed by atoms with Crippen LogP contribution in [0.15, 0.2) is 48.5 Å². The predicted octanol–water partition coefficient (Wildman–Crippen LogP) is 3.42. The molecule has 3 N–H and O–H groups in total. The molecule has 2 fully saturated rings. The number of halogens is 1. The topological polar surface area (TPSA) is 103 Å². The molecule has 192 valence electrons. The summed E-state index contributed by atoms with van der Waals surface area (Å²) in [6.45, 7) is 4.66. The van der Waals surface area contributed by atoms with Crippen LogP contribution in [0.25, 0.3) is 0 Å². The number of rotatable bonds is 7. The Morgan fingerprint density at radius 2 is 1.67 bits per heavy atom. The van der Waals surface area contributed by atoms with Gasteiger partial charge in [-0.1, -0.05) is 18.5 Å². The number of anilines is 2. The van der Waals surface area contributed by atoms with Crippen molar-refractivity contribution in [2.24, 2.45) is 0 Å². The largest absolute Gasteiger partial charge is 0.380 e. The number of likely N-dealkylation sites (tertiary alicyclic amines) is 2. The molecule has 0 saturated carbocycles. The van der Waals surface area contributed by atoms with Crippen LogP contribution in [0.5, 0.6) is 0 Å². The van der Waals surface area contributed by atoms with Gasteiger partial charge in [-0.25, -0.2) is 4.79 Å². The molecule has 2 aromatic carbocycles. The van der Waals surface area contributed by atoms with Crippen LogP contribution in [0.4, 0.5) is 16.2 Å². The van der Waals surface area contributed by atoms with E-state index in [1.54, 1.807) is 55.6 Å². The van der Waals surface area contributed by atoms with Crippen molar-refractivity contribution in [1.29, 1.82) is 0 Å². The van der Waals surface area contributed by atoms with Crippen molar-refractivity contribution in [2.45, 2.75) is 38.0 Å². The maximum absolute atomic E-state index is 13.1. The molecule has 0 aromatic heterocycles. The standard InChI is InChI=1S/C26H32ClN5O4/c1-3-28-21-12-13-31(15-21)25(34)17-4-8-19(9-5-17)29-24(33)23-14-22(36-2)16-32(23)26(35)30-20-10-6-18(27)7-11-20/h4-11,21-23,28H,3,12-16H2,1-2H3,(H,29,33)(H,30,35)/t21?,22-,23-/m1/s1. The van der Waals surface area contributed by atoms with E-state index in [2.05, 4.69) is 22.9 Å². The Hall–Kier alpha value is -3.14. The Balaban J connectivity index is 1.37. The molecule has 36 heavy (non-hydrogen) atoms. The molecule has 2 aliphatic heterocycles. The van der Waals surface area contributed by atoms with Crippen LogP contribution in [0.1, 0.15) is 30.1 Å². The monoisotopic (exact) mass is 513 g/mol. The smallest absolute Gasteiger partial charge is 0.322 e. The van der Waals surface area contributed by atoms with Crippen molar-refractivity contribution in [3.63, 3.8) is 0 Å². The first-order valence-corrected chi connectivity index (χ1v) is 12.5. The summed E-state index contributed by atoms with van der Waals surface area (Å²) in [6.07, 6.45) is 1.08. The molecule has 4 rings (SSSR count). The Morgan fingerprint density at radius 1 is 1.00 bits per heavy atom. The van der Waals surface area contributed by atoms with Gasteiger partial charge < -0.3 is 30.5 Å². The minimum atomic E-state index is -0.698. The zero-order valence-corrected chi connectivity index (χ0v) is 21.3. The highest BCUT2D eigenvalue weighted by Gasteiger charge is 2.40. The van der Waals surface area contributed by atoms with Gasteiger partial charge in [-0.15, -0.1) is 0 Å². The highest BCUT2D eigenvalue weighted by Crippen LogP contribution is 2.24. The summed E-state index contributed by atoms with van der Waals surface area (Å²) in [5.41, 5.74) is 1.72. The highest BCUT2D eigenvalue weighted by molar-refractivity contribution is 6.30. The Morgan fingerprint density at radius 3 is 2.33 bits per heavy atom. The number of benzene rings is 2. The SMILES string of the molecule is CCNC1CCN(C(=O)c2ccc(NC(=O)[C@H]3C[C@@H](OC)CN3C(=O)Nc3ccc(Cl)cc3)cc2)C1. The molecule has 0 aliphatic carbocycles. The zero-order valence-electron chi connectivity index (χ0n) is 20.5. The quantitative estimate of drug-likeness (QED) is 0.526. The summed E-state index contributed by atoms with van der Waals surface area (Å²) in [4.78, 5) is 42.2. The fourth-order valence-electron chi connectivity index (χ4n) is 4.67. The van der Waals surface area contributed by atoms with Crippen LogP contribution in [0.3, 0.4) is 0 Å². The van der Waals surface area contributed by atoms with E-state index in [4.69, 9.17) is 16.3 Å². The van der Waals surface area contributed by atoms with Crippen LogP contribution < -0.4 is 16.0 Å². The van der Waals surface area contributed by atoms with Gasteiger partial charge in [-0.05, 0) is 61.5 Å². The Labute approximate surface area is 216 Å².